The lowest BCUT2D eigenvalue weighted by molar-refractivity contribution is 0.633. The zero-order valence-electron chi connectivity index (χ0n) is 7.63. The van der Waals surface area contributed by atoms with Gasteiger partial charge in [0.25, 0.3) is 0 Å². The van der Waals surface area contributed by atoms with E-state index in [-0.39, 0.29) is 0 Å². The number of nitrogens with zero attached hydrogens (tertiary/aromatic N) is 1. The third kappa shape index (κ3) is 3.57. The first-order valence-corrected chi connectivity index (χ1v) is 4.56. The molecule has 0 saturated heterocycles. The summed E-state index contributed by atoms with van der Waals surface area (Å²) in [7, 11) is 0. The topological polar surface area (TPSA) is 24.9 Å². The van der Waals surface area contributed by atoms with E-state index in [2.05, 4.69) is 23.8 Å². The Morgan fingerprint density at radius 1 is 1.69 bits per heavy atom. The molecule has 0 fully saturated rings. The Hall–Kier alpha value is -0.860. The molecule has 70 valence electrons. The summed E-state index contributed by atoms with van der Waals surface area (Å²) in [4.78, 5) is 3.98. The molecule has 0 aliphatic rings. The minimum atomic E-state index is 0.315. The van der Waals surface area contributed by atoms with E-state index in [0.717, 1.165) is 12.1 Å². The molecule has 3 heteroatoms. The number of hydrogen-bond acceptors (Lipinski definition) is 2. The van der Waals surface area contributed by atoms with E-state index in [1.54, 1.807) is 12.3 Å². The molecule has 1 aromatic rings. The number of pyridine rings is 1. The Bertz CT molecular complexity index is 269. The molecule has 13 heavy (non-hydrogen) atoms. The normalized spacial score (nSPS) is 12.5. The highest BCUT2D eigenvalue weighted by molar-refractivity contribution is 6.29. The van der Waals surface area contributed by atoms with Crippen LogP contribution in [-0.2, 0) is 6.54 Å². The highest BCUT2D eigenvalue weighted by atomic mass is 35.5. The summed E-state index contributed by atoms with van der Waals surface area (Å²) in [6, 6.07) is 4.06. The van der Waals surface area contributed by atoms with Gasteiger partial charge in [-0.1, -0.05) is 23.7 Å². The van der Waals surface area contributed by atoms with Gasteiger partial charge < -0.3 is 5.32 Å². The molecule has 0 aliphatic carbocycles. The van der Waals surface area contributed by atoms with Crippen molar-refractivity contribution < 1.29 is 0 Å². The number of rotatable bonds is 4. The molecule has 0 bridgehead atoms. The highest BCUT2D eigenvalue weighted by Crippen LogP contribution is 2.04. The van der Waals surface area contributed by atoms with E-state index in [0.29, 0.717) is 11.2 Å². The van der Waals surface area contributed by atoms with Gasteiger partial charge in [-0.2, -0.15) is 0 Å². The fourth-order valence-electron chi connectivity index (χ4n) is 0.873. The van der Waals surface area contributed by atoms with Crippen molar-refractivity contribution in [3.8, 4) is 0 Å². The summed E-state index contributed by atoms with van der Waals surface area (Å²) in [5, 5.41) is 3.80. The highest BCUT2D eigenvalue weighted by Gasteiger charge is 1.96. The Morgan fingerprint density at radius 3 is 3.00 bits per heavy atom. The van der Waals surface area contributed by atoms with Crippen molar-refractivity contribution in [1.82, 2.24) is 10.3 Å². The first-order chi connectivity index (χ1) is 6.22. The van der Waals surface area contributed by atoms with Crippen LogP contribution in [0.25, 0.3) is 0 Å². The molecular weight excluding hydrogens is 184 g/mol. The van der Waals surface area contributed by atoms with Crippen LogP contribution in [0, 0.1) is 0 Å². The molecule has 1 aromatic heterocycles. The van der Waals surface area contributed by atoms with Crippen molar-refractivity contribution in [1.29, 1.82) is 0 Å². The maximum Gasteiger partial charge on any atom is 0.129 e. The van der Waals surface area contributed by atoms with Gasteiger partial charge in [-0.3, -0.25) is 0 Å². The molecule has 2 nitrogen and oxygen atoms in total. The summed E-state index contributed by atoms with van der Waals surface area (Å²) in [5.41, 5.74) is 1.12. The summed E-state index contributed by atoms with van der Waals surface area (Å²) in [6.45, 7) is 6.53. The average Bonchev–Trinajstić information content (AvgIpc) is 2.16. The molecule has 0 amide bonds. The number of aromatic nitrogens is 1. The molecule has 0 radical (unpaired) electrons. The molecule has 0 saturated carbocycles. The molecule has 0 spiro atoms. The second kappa shape index (κ2) is 5.00. The van der Waals surface area contributed by atoms with E-state index >= 15 is 0 Å². The predicted molar refractivity (Wildman–Crippen MR) is 55.7 cm³/mol. The average molecular weight is 197 g/mol. The second-order valence-corrected chi connectivity index (χ2v) is 3.28. The van der Waals surface area contributed by atoms with E-state index in [1.165, 1.54) is 0 Å². The second-order valence-electron chi connectivity index (χ2n) is 2.89. The smallest absolute Gasteiger partial charge is 0.129 e. The first kappa shape index (κ1) is 10.2. The van der Waals surface area contributed by atoms with Crippen LogP contribution in [0.3, 0.4) is 0 Å². The Morgan fingerprint density at radius 2 is 2.46 bits per heavy atom. The predicted octanol–water partition coefficient (Wildman–Crippen LogP) is 2.40. The van der Waals surface area contributed by atoms with E-state index < -0.39 is 0 Å². The van der Waals surface area contributed by atoms with Crippen LogP contribution < -0.4 is 5.32 Å². The first-order valence-electron chi connectivity index (χ1n) is 4.18. The monoisotopic (exact) mass is 196 g/mol. The Labute approximate surface area is 83.6 Å². The number of halogens is 1. The van der Waals surface area contributed by atoms with Crippen molar-refractivity contribution in [3.63, 3.8) is 0 Å². The molecule has 1 unspecified atom stereocenters. The van der Waals surface area contributed by atoms with Crippen LogP contribution in [0.4, 0.5) is 0 Å². The van der Waals surface area contributed by atoms with Gasteiger partial charge in [-0.25, -0.2) is 4.98 Å². The van der Waals surface area contributed by atoms with Crippen LogP contribution >= 0.6 is 11.6 Å². The summed E-state index contributed by atoms with van der Waals surface area (Å²) >= 11 is 5.65. The minimum Gasteiger partial charge on any atom is -0.307 e. The van der Waals surface area contributed by atoms with Gasteiger partial charge in [0.05, 0.1) is 0 Å². The fourth-order valence-corrected chi connectivity index (χ4v) is 0.985. The number of nitrogens with one attached hydrogen (secondary N) is 1. The van der Waals surface area contributed by atoms with Crippen molar-refractivity contribution in [2.45, 2.75) is 19.5 Å². The van der Waals surface area contributed by atoms with Crippen molar-refractivity contribution in [3.05, 3.63) is 41.7 Å². The number of hydrogen-bond donors (Lipinski definition) is 1. The molecule has 0 aromatic carbocycles. The Kier molecular flexibility index (Phi) is 3.93. The largest absolute Gasteiger partial charge is 0.307 e. The van der Waals surface area contributed by atoms with Gasteiger partial charge in [-0.05, 0) is 18.6 Å². The maximum atomic E-state index is 5.65. The Balaban J connectivity index is 2.45. The lowest BCUT2D eigenvalue weighted by Crippen LogP contribution is -2.22. The minimum absolute atomic E-state index is 0.315. The van der Waals surface area contributed by atoms with E-state index in [1.807, 2.05) is 12.1 Å². The zero-order valence-corrected chi connectivity index (χ0v) is 8.38. The van der Waals surface area contributed by atoms with Gasteiger partial charge in [0.1, 0.15) is 5.15 Å². The lowest BCUT2D eigenvalue weighted by atomic mass is 10.2. The van der Waals surface area contributed by atoms with Crippen LogP contribution in [0.15, 0.2) is 31.0 Å². The van der Waals surface area contributed by atoms with E-state index in [9.17, 15) is 0 Å². The van der Waals surface area contributed by atoms with Gasteiger partial charge in [0.15, 0.2) is 0 Å². The molecule has 0 aliphatic heterocycles. The van der Waals surface area contributed by atoms with Gasteiger partial charge in [0.2, 0.25) is 0 Å². The summed E-state index contributed by atoms with van der Waals surface area (Å²) in [5.74, 6) is 0. The molecule has 1 heterocycles. The quantitative estimate of drug-likeness (QED) is 0.591. The third-order valence-corrected chi connectivity index (χ3v) is 1.99. The van der Waals surface area contributed by atoms with Gasteiger partial charge in [0, 0.05) is 18.8 Å². The molecule has 1 N–H and O–H groups in total. The zero-order chi connectivity index (χ0) is 9.68. The van der Waals surface area contributed by atoms with Crippen LogP contribution in [0.1, 0.15) is 12.5 Å². The van der Waals surface area contributed by atoms with Crippen molar-refractivity contribution >= 4 is 11.6 Å². The van der Waals surface area contributed by atoms with Gasteiger partial charge >= 0.3 is 0 Å². The maximum absolute atomic E-state index is 5.65. The summed E-state index contributed by atoms with van der Waals surface area (Å²) in [6.07, 6.45) is 3.63. The van der Waals surface area contributed by atoms with E-state index in [4.69, 9.17) is 11.6 Å². The molecular formula is C10H13ClN2. The standard InChI is InChI=1S/C10H13ClN2/c1-3-8(2)12-6-9-4-5-10(11)13-7-9/h3-5,7-8,12H,1,6H2,2H3. The fraction of sp³-hybridized carbons (Fsp3) is 0.300. The third-order valence-electron chi connectivity index (χ3n) is 1.77. The van der Waals surface area contributed by atoms with Crippen LogP contribution in [0.2, 0.25) is 5.15 Å². The summed E-state index contributed by atoms with van der Waals surface area (Å²) < 4.78 is 0. The molecule has 1 atom stereocenters. The van der Waals surface area contributed by atoms with Crippen LogP contribution in [0.5, 0.6) is 0 Å². The SMILES string of the molecule is C=CC(C)NCc1ccc(Cl)nc1. The lowest BCUT2D eigenvalue weighted by Gasteiger charge is -2.08. The van der Waals surface area contributed by atoms with Crippen LogP contribution in [-0.4, -0.2) is 11.0 Å². The molecule has 1 rings (SSSR count). The van der Waals surface area contributed by atoms with Crippen molar-refractivity contribution in [2.24, 2.45) is 0 Å². The van der Waals surface area contributed by atoms with Crippen molar-refractivity contribution in [2.75, 3.05) is 0 Å². The van der Waals surface area contributed by atoms with Gasteiger partial charge in [-0.15, -0.1) is 6.58 Å².